The van der Waals surface area contributed by atoms with E-state index in [0.717, 1.165) is 43.6 Å². The third-order valence-corrected chi connectivity index (χ3v) is 3.70. The molecule has 0 bridgehead atoms. The van der Waals surface area contributed by atoms with Crippen LogP contribution in [0.25, 0.3) is 0 Å². The summed E-state index contributed by atoms with van der Waals surface area (Å²) in [4.78, 5) is 16.6. The molecule has 1 saturated carbocycles. The van der Waals surface area contributed by atoms with E-state index in [1.54, 1.807) is 6.20 Å². The number of aromatic nitrogens is 1. The van der Waals surface area contributed by atoms with Gasteiger partial charge in [-0.2, -0.15) is 0 Å². The molecule has 1 heterocycles. The molecule has 110 valence electrons. The van der Waals surface area contributed by atoms with Gasteiger partial charge in [-0.1, -0.05) is 12.8 Å². The summed E-state index contributed by atoms with van der Waals surface area (Å²) in [6.45, 7) is 4.63. The Bertz CT molecular complexity index is 476. The predicted molar refractivity (Wildman–Crippen MR) is 78.9 cm³/mol. The van der Waals surface area contributed by atoms with E-state index in [2.05, 4.69) is 15.6 Å². The van der Waals surface area contributed by atoms with Gasteiger partial charge in [0, 0.05) is 18.4 Å². The number of hydrogen-bond acceptors (Lipinski definition) is 4. The van der Waals surface area contributed by atoms with Gasteiger partial charge in [0.15, 0.2) is 0 Å². The van der Waals surface area contributed by atoms with Gasteiger partial charge in [0.2, 0.25) is 0 Å². The van der Waals surface area contributed by atoms with E-state index in [0.29, 0.717) is 5.56 Å². The third kappa shape index (κ3) is 3.48. The number of carbonyl (C=O) groups is 1. The van der Waals surface area contributed by atoms with Gasteiger partial charge in [0.25, 0.3) is 5.91 Å². The Morgan fingerprint density at radius 2 is 2.20 bits per heavy atom. The zero-order valence-electron chi connectivity index (χ0n) is 12.1. The Morgan fingerprint density at radius 1 is 1.45 bits per heavy atom. The highest BCUT2D eigenvalue weighted by Crippen LogP contribution is 2.20. The van der Waals surface area contributed by atoms with Crippen molar-refractivity contribution in [3.05, 3.63) is 23.5 Å². The van der Waals surface area contributed by atoms with Crippen molar-refractivity contribution in [3.63, 3.8) is 0 Å². The van der Waals surface area contributed by atoms with Gasteiger partial charge in [-0.15, -0.1) is 0 Å². The maximum absolute atomic E-state index is 12.4. The topological polar surface area (TPSA) is 74.2 Å². The molecule has 0 radical (unpaired) electrons. The van der Waals surface area contributed by atoms with Crippen molar-refractivity contribution in [1.29, 1.82) is 0 Å². The van der Waals surface area contributed by atoms with Crippen molar-refractivity contribution >= 4 is 11.6 Å². The molecule has 1 fully saturated rings. The molecule has 1 amide bonds. The van der Waals surface area contributed by atoms with E-state index in [1.807, 2.05) is 19.9 Å². The Kier molecular flexibility index (Phi) is 4.95. The average molecular weight is 277 g/mol. The molecule has 20 heavy (non-hydrogen) atoms. The van der Waals surface area contributed by atoms with Crippen LogP contribution in [0.2, 0.25) is 0 Å². The lowest BCUT2D eigenvalue weighted by Gasteiger charge is -2.28. The van der Waals surface area contributed by atoms with Crippen molar-refractivity contribution in [2.75, 3.05) is 11.9 Å². The minimum Gasteiger partial charge on any atom is -0.391 e. The molecule has 0 aromatic carbocycles. The van der Waals surface area contributed by atoms with E-state index in [1.165, 1.54) is 0 Å². The number of rotatable bonds is 4. The molecule has 1 aliphatic rings. The fraction of sp³-hybridized carbons (Fsp3) is 0.600. The summed E-state index contributed by atoms with van der Waals surface area (Å²) in [5.41, 5.74) is 2.20. The third-order valence-electron chi connectivity index (χ3n) is 3.70. The van der Waals surface area contributed by atoms with Gasteiger partial charge in [-0.25, -0.2) is 0 Å². The maximum atomic E-state index is 12.4. The van der Waals surface area contributed by atoms with Gasteiger partial charge in [-0.3, -0.25) is 9.78 Å². The minimum absolute atomic E-state index is 0.146. The quantitative estimate of drug-likeness (QED) is 0.785. The van der Waals surface area contributed by atoms with Crippen LogP contribution in [-0.2, 0) is 0 Å². The van der Waals surface area contributed by atoms with E-state index >= 15 is 0 Å². The van der Waals surface area contributed by atoms with Crippen LogP contribution in [0.1, 0.15) is 48.7 Å². The van der Waals surface area contributed by atoms with Crippen LogP contribution in [0.3, 0.4) is 0 Å². The predicted octanol–water partition coefficient (Wildman–Crippen LogP) is 1.86. The molecular formula is C15H23N3O2. The average Bonchev–Trinajstić information content (AvgIpc) is 2.42. The summed E-state index contributed by atoms with van der Waals surface area (Å²) in [5.74, 6) is -0.167. The number of aliphatic hydroxyl groups excluding tert-OH is 1. The number of anilines is 1. The lowest BCUT2D eigenvalue weighted by atomic mass is 9.92. The van der Waals surface area contributed by atoms with Gasteiger partial charge in [-0.05, 0) is 32.8 Å². The molecule has 1 aliphatic carbocycles. The number of hydrogen-bond donors (Lipinski definition) is 3. The first-order valence-electron chi connectivity index (χ1n) is 7.31. The first-order chi connectivity index (χ1) is 9.61. The highest BCUT2D eigenvalue weighted by molar-refractivity contribution is 5.99. The smallest absolute Gasteiger partial charge is 0.255 e. The number of amides is 1. The monoisotopic (exact) mass is 277 g/mol. The first-order valence-corrected chi connectivity index (χ1v) is 7.31. The van der Waals surface area contributed by atoms with Crippen molar-refractivity contribution in [1.82, 2.24) is 10.3 Å². The highest BCUT2D eigenvalue weighted by atomic mass is 16.3. The number of aliphatic hydroxyl groups is 1. The van der Waals surface area contributed by atoms with Crippen LogP contribution >= 0.6 is 0 Å². The van der Waals surface area contributed by atoms with E-state index in [9.17, 15) is 9.90 Å². The molecule has 2 unspecified atom stereocenters. The van der Waals surface area contributed by atoms with Crippen LogP contribution in [-0.4, -0.2) is 34.7 Å². The molecular weight excluding hydrogens is 254 g/mol. The van der Waals surface area contributed by atoms with Crippen molar-refractivity contribution in [3.8, 4) is 0 Å². The summed E-state index contributed by atoms with van der Waals surface area (Å²) in [6.07, 6.45) is 4.84. The van der Waals surface area contributed by atoms with Crippen LogP contribution < -0.4 is 10.6 Å². The minimum atomic E-state index is -0.436. The first kappa shape index (κ1) is 14.8. The molecule has 2 atom stereocenters. The van der Waals surface area contributed by atoms with Crippen molar-refractivity contribution in [2.24, 2.45) is 0 Å². The number of carbonyl (C=O) groups excluding carboxylic acids is 1. The fourth-order valence-electron chi connectivity index (χ4n) is 2.60. The Morgan fingerprint density at radius 3 is 2.90 bits per heavy atom. The summed E-state index contributed by atoms with van der Waals surface area (Å²) < 4.78 is 0. The lowest BCUT2D eigenvalue weighted by molar-refractivity contribution is 0.0717. The number of aryl methyl sites for hydroxylation is 1. The Hall–Kier alpha value is -1.62. The number of pyridine rings is 1. The standard InChI is InChI=1S/C15H23N3O2/c1-3-16-13-8-10(2)17-9-11(13)15(20)18-12-6-4-5-7-14(12)19/h8-9,12,14,19H,3-7H2,1-2H3,(H,16,17)(H,18,20). The molecule has 3 N–H and O–H groups in total. The SMILES string of the molecule is CCNc1cc(C)ncc1C(=O)NC1CCCCC1O. The summed E-state index contributed by atoms with van der Waals surface area (Å²) in [6, 6.07) is 1.72. The number of nitrogens with one attached hydrogen (secondary N) is 2. The molecule has 5 heteroatoms. The summed E-state index contributed by atoms with van der Waals surface area (Å²) in [5, 5.41) is 16.1. The fourth-order valence-corrected chi connectivity index (χ4v) is 2.60. The largest absolute Gasteiger partial charge is 0.391 e. The van der Waals surface area contributed by atoms with Crippen LogP contribution in [0.15, 0.2) is 12.3 Å². The van der Waals surface area contributed by atoms with Crippen LogP contribution in [0.5, 0.6) is 0 Å². The molecule has 5 nitrogen and oxygen atoms in total. The molecule has 0 aliphatic heterocycles. The number of nitrogens with zero attached hydrogens (tertiary/aromatic N) is 1. The molecule has 0 spiro atoms. The van der Waals surface area contributed by atoms with Gasteiger partial charge < -0.3 is 15.7 Å². The van der Waals surface area contributed by atoms with Crippen molar-refractivity contribution in [2.45, 2.75) is 51.7 Å². The molecule has 0 saturated heterocycles. The molecule has 1 aromatic heterocycles. The van der Waals surface area contributed by atoms with Crippen LogP contribution in [0, 0.1) is 6.92 Å². The van der Waals surface area contributed by atoms with Gasteiger partial charge in [0.05, 0.1) is 23.4 Å². The van der Waals surface area contributed by atoms with E-state index < -0.39 is 6.10 Å². The van der Waals surface area contributed by atoms with Crippen LogP contribution in [0.4, 0.5) is 5.69 Å². The zero-order valence-corrected chi connectivity index (χ0v) is 12.1. The van der Waals surface area contributed by atoms with E-state index in [4.69, 9.17) is 0 Å². The summed E-state index contributed by atoms with van der Waals surface area (Å²) >= 11 is 0. The molecule has 2 rings (SSSR count). The second kappa shape index (κ2) is 6.70. The lowest BCUT2D eigenvalue weighted by Crippen LogP contribution is -2.45. The normalized spacial score (nSPS) is 22.4. The summed E-state index contributed by atoms with van der Waals surface area (Å²) in [7, 11) is 0. The highest BCUT2D eigenvalue weighted by Gasteiger charge is 2.25. The van der Waals surface area contributed by atoms with Crippen molar-refractivity contribution < 1.29 is 9.90 Å². The van der Waals surface area contributed by atoms with Gasteiger partial charge in [0.1, 0.15) is 0 Å². The second-order valence-electron chi connectivity index (χ2n) is 5.33. The Balaban J connectivity index is 2.12. The second-order valence-corrected chi connectivity index (χ2v) is 5.33. The zero-order chi connectivity index (χ0) is 14.5. The van der Waals surface area contributed by atoms with E-state index in [-0.39, 0.29) is 11.9 Å². The Labute approximate surface area is 119 Å². The van der Waals surface area contributed by atoms with Gasteiger partial charge >= 0.3 is 0 Å². The maximum Gasteiger partial charge on any atom is 0.255 e. The molecule has 1 aromatic rings.